The maximum Gasteiger partial charge on any atom is 0.272 e. The molecule has 0 saturated carbocycles. The van der Waals surface area contributed by atoms with Gasteiger partial charge in [-0.1, -0.05) is 0 Å². The van der Waals surface area contributed by atoms with Crippen LogP contribution < -0.4 is 5.73 Å². The second-order valence-electron chi connectivity index (χ2n) is 4.85. The SMILES string of the molecule is CC1(C)CCCN1C(=O)c1ccc(N)cn1.Cl. The van der Waals surface area contributed by atoms with Gasteiger partial charge in [0, 0.05) is 12.1 Å². The Morgan fingerprint density at radius 1 is 1.47 bits per heavy atom. The van der Waals surface area contributed by atoms with Gasteiger partial charge in [-0.2, -0.15) is 0 Å². The molecule has 1 aliphatic heterocycles. The van der Waals surface area contributed by atoms with E-state index >= 15 is 0 Å². The van der Waals surface area contributed by atoms with Gasteiger partial charge in [0.2, 0.25) is 0 Å². The van der Waals surface area contributed by atoms with Gasteiger partial charge in [0.15, 0.2) is 0 Å². The van der Waals surface area contributed by atoms with Crippen LogP contribution in [0.3, 0.4) is 0 Å². The summed E-state index contributed by atoms with van der Waals surface area (Å²) in [6.45, 7) is 5.00. The molecule has 5 heteroatoms. The van der Waals surface area contributed by atoms with E-state index in [0.29, 0.717) is 11.4 Å². The number of hydrogen-bond donors (Lipinski definition) is 1. The summed E-state index contributed by atoms with van der Waals surface area (Å²) >= 11 is 0. The Balaban J connectivity index is 0.00000144. The van der Waals surface area contributed by atoms with Crippen LogP contribution in [0.15, 0.2) is 18.3 Å². The molecule has 1 saturated heterocycles. The van der Waals surface area contributed by atoms with Crippen LogP contribution >= 0.6 is 12.4 Å². The first kappa shape index (κ1) is 13.8. The van der Waals surface area contributed by atoms with Crippen LogP contribution in [0.25, 0.3) is 0 Å². The number of hydrogen-bond acceptors (Lipinski definition) is 3. The standard InChI is InChI=1S/C12H17N3O.ClH/c1-12(2)6-3-7-15(12)11(16)10-5-4-9(13)8-14-10;/h4-5,8H,3,6-7,13H2,1-2H3;1H. The first-order chi connectivity index (χ1) is 7.50. The third-order valence-corrected chi connectivity index (χ3v) is 3.15. The summed E-state index contributed by atoms with van der Waals surface area (Å²) in [6, 6.07) is 3.40. The van der Waals surface area contributed by atoms with Crippen LogP contribution in [0.5, 0.6) is 0 Å². The Bertz CT molecular complexity index is 403. The Morgan fingerprint density at radius 2 is 2.18 bits per heavy atom. The first-order valence-electron chi connectivity index (χ1n) is 5.54. The van der Waals surface area contributed by atoms with Gasteiger partial charge in [-0.25, -0.2) is 4.98 Å². The largest absolute Gasteiger partial charge is 0.397 e. The molecule has 1 amide bonds. The van der Waals surface area contributed by atoms with Gasteiger partial charge in [0.25, 0.3) is 5.91 Å². The Hall–Kier alpha value is -1.29. The van der Waals surface area contributed by atoms with Gasteiger partial charge in [-0.05, 0) is 38.8 Å². The van der Waals surface area contributed by atoms with E-state index in [1.807, 2.05) is 4.90 Å². The second-order valence-corrected chi connectivity index (χ2v) is 4.85. The summed E-state index contributed by atoms with van der Waals surface area (Å²) in [6.07, 6.45) is 3.64. The smallest absolute Gasteiger partial charge is 0.272 e. The number of halogens is 1. The van der Waals surface area contributed by atoms with E-state index in [0.717, 1.165) is 19.4 Å². The van der Waals surface area contributed by atoms with Crippen molar-refractivity contribution in [3.8, 4) is 0 Å². The number of pyridine rings is 1. The minimum atomic E-state index is -0.0554. The van der Waals surface area contributed by atoms with Gasteiger partial charge in [-0.3, -0.25) is 4.79 Å². The van der Waals surface area contributed by atoms with Gasteiger partial charge >= 0.3 is 0 Å². The minimum absolute atomic E-state index is 0. The molecule has 1 fully saturated rings. The van der Waals surface area contributed by atoms with Crippen molar-refractivity contribution in [2.24, 2.45) is 0 Å². The molecular weight excluding hydrogens is 238 g/mol. The molecule has 2 N–H and O–H groups in total. The predicted octanol–water partition coefficient (Wildman–Crippen LogP) is 2.10. The van der Waals surface area contributed by atoms with E-state index < -0.39 is 0 Å². The van der Waals surface area contributed by atoms with E-state index in [4.69, 9.17) is 5.73 Å². The number of amides is 1. The summed E-state index contributed by atoms with van der Waals surface area (Å²) in [7, 11) is 0. The van der Waals surface area contributed by atoms with Crippen LogP contribution in [-0.2, 0) is 0 Å². The Labute approximate surface area is 108 Å². The lowest BCUT2D eigenvalue weighted by Gasteiger charge is -2.31. The molecule has 1 aromatic rings. The highest BCUT2D eigenvalue weighted by molar-refractivity contribution is 5.93. The lowest BCUT2D eigenvalue weighted by molar-refractivity contribution is 0.0646. The zero-order valence-corrected chi connectivity index (χ0v) is 11.0. The van der Waals surface area contributed by atoms with Crippen molar-refractivity contribution in [3.63, 3.8) is 0 Å². The molecule has 0 unspecified atom stereocenters. The maximum absolute atomic E-state index is 12.2. The molecule has 0 aromatic carbocycles. The average Bonchev–Trinajstić information content (AvgIpc) is 2.58. The van der Waals surface area contributed by atoms with Crippen molar-refractivity contribution in [2.45, 2.75) is 32.2 Å². The zero-order valence-electron chi connectivity index (χ0n) is 10.1. The maximum atomic E-state index is 12.2. The number of carbonyl (C=O) groups excluding carboxylic acids is 1. The van der Waals surface area contributed by atoms with Gasteiger partial charge in [0.05, 0.1) is 11.9 Å². The van der Waals surface area contributed by atoms with E-state index in [1.165, 1.54) is 6.20 Å². The van der Waals surface area contributed by atoms with Crippen LogP contribution in [0.2, 0.25) is 0 Å². The number of nitrogen functional groups attached to an aromatic ring is 1. The molecule has 0 atom stereocenters. The van der Waals surface area contributed by atoms with E-state index in [1.54, 1.807) is 12.1 Å². The van der Waals surface area contributed by atoms with E-state index in [2.05, 4.69) is 18.8 Å². The van der Waals surface area contributed by atoms with Gasteiger partial charge in [-0.15, -0.1) is 12.4 Å². The number of nitrogens with zero attached hydrogens (tertiary/aromatic N) is 2. The molecule has 4 nitrogen and oxygen atoms in total. The van der Waals surface area contributed by atoms with Crippen LogP contribution in [-0.4, -0.2) is 27.9 Å². The number of anilines is 1. The van der Waals surface area contributed by atoms with E-state index in [-0.39, 0.29) is 23.9 Å². The van der Waals surface area contributed by atoms with Crippen LogP contribution in [0.4, 0.5) is 5.69 Å². The molecule has 2 heterocycles. The first-order valence-corrected chi connectivity index (χ1v) is 5.54. The van der Waals surface area contributed by atoms with Crippen molar-refractivity contribution in [3.05, 3.63) is 24.0 Å². The van der Waals surface area contributed by atoms with Crippen molar-refractivity contribution in [2.75, 3.05) is 12.3 Å². The fourth-order valence-electron chi connectivity index (χ4n) is 2.15. The Morgan fingerprint density at radius 3 is 2.65 bits per heavy atom. The number of rotatable bonds is 1. The topological polar surface area (TPSA) is 59.2 Å². The second kappa shape index (κ2) is 4.92. The molecule has 2 rings (SSSR count). The monoisotopic (exact) mass is 255 g/mol. The number of likely N-dealkylation sites (tertiary alicyclic amines) is 1. The molecule has 0 spiro atoms. The molecule has 17 heavy (non-hydrogen) atoms. The van der Waals surface area contributed by atoms with Crippen LogP contribution in [0, 0.1) is 0 Å². The third kappa shape index (κ3) is 2.69. The summed E-state index contributed by atoms with van der Waals surface area (Å²) in [4.78, 5) is 18.2. The lowest BCUT2D eigenvalue weighted by Crippen LogP contribution is -2.42. The average molecular weight is 256 g/mol. The van der Waals surface area contributed by atoms with Gasteiger partial charge < -0.3 is 10.6 Å². The number of nitrogens with two attached hydrogens (primary N) is 1. The number of aromatic nitrogens is 1. The minimum Gasteiger partial charge on any atom is -0.397 e. The molecule has 94 valence electrons. The van der Waals surface area contributed by atoms with Crippen molar-refractivity contribution >= 4 is 24.0 Å². The summed E-state index contributed by atoms with van der Waals surface area (Å²) in [5, 5.41) is 0. The molecule has 1 aliphatic rings. The summed E-state index contributed by atoms with van der Waals surface area (Å²) in [5.74, 6) is 0.00231. The Kier molecular flexibility index (Phi) is 3.98. The van der Waals surface area contributed by atoms with Gasteiger partial charge in [0.1, 0.15) is 5.69 Å². The molecule has 0 bridgehead atoms. The lowest BCUT2D eigenvalue weighted by atomic mass is 10.0. The number of carbonyl (C=O) groups is 1. The van der Waals surface area contributed by atoms with Crippen LogP contribution in [0.1, 0.15) is 37.2 Å². The molecule has 1 aromatic heterocycles. The molecule has 0 radical (unpaired) electrons. The highest BCUT2D eigenvalue weighted by Gasteiger charge is 2.36. The fourth-order valence-corrected chi connectivity index (χ4v) is 2.15. The van der Waals surface area contributed by atoms with E-state index in [9.17, 15) is 4.79 Å². The molecule has 0 aliphatic carbocycles. The normalized spacial score (nSPS) is 17.6. The third-order valence-electron chi connectivity index (χ3n) is 3.15. The summed E-state index contributed by atoms with van der Waals surface area (Å²) < 4.78 is 0. The van der Waals surface area contributed by atoms with Crippen molar-refractivity contribution in [1.82, 2.24) is 9.88 Å². The molecular formula is C12H18ClN3O. The fraction of sp³-hybridized carbons (Fsp3) is 0.500. The van der Waals surface area contributed by atoms with Crippen molar-refractivity contribution in [1.29, 1.82) is 0 Å². The highest BCUT2D eigenvalue weighted by Crippen LogP contribution is 2.29. The quantitative estimate of drug-likeness (QED) is 0.836. The predicted molar refractivity (Wildman–Crippen MR) is 70.2 cm³/mol. The zero-order chi connectivity index (χ0) is 11.8. The highest BCUT2D eigenvalue weighted by atomic mass is 35.5. The van der Waals surface area contributed by atoms with Crippen molar-refractivity contribution < 1.29 is 4.79 Å². The summed E-state index contributed by atoms with van der Waals surface area (Å²) in [5.41, 5.74) is 6.55.